The van der Waals surface area contributed by atoms with E-state index in [0.717, 1.165) is 0 Å². The van der Waals surface area contributed by atoms with Crippen molar-refractivity contribution < 1.29 is 24.2 Å². The molecule has 6 heteroatoms. The molecule has 6 nitrogen and oxygen atoms in total. The minimum Gasteiger partial charge on any atom is -0.492 e. The Morgan fingerprint density at radius 3 is 2.89 bits per heavy atom. The minimum atomic E-state index is -0.971. The molecule has 0 saturated heterocycles. The number of hydrogen-bond acceptors (Lipinski definition) is 5. The van der Waals surface area contributed by atoms with E-state index in [1.807, 2.05) is 0 Å². The van der Waals surface area contributed by atoms with Gasteiger partial charge >= 0.3 is 5.97 Å². The lowest BCUT2D eigenvalue weighted by atomic mass is 10.2. The maximum absolute atomic E-state index is 10.7. The number of carboxylic acid groups (broad SMARTS) is 1. The minimum absolute atomic E-state index is 0.205. The summed E-state index contributed by atoms with van der Waals surface area (Å²) in [6.45, 7) is 1.87. The van der Waals surface area contributed by atoms with Gasteiger partial charge in [-0.2, -0.15) is 5.48 Å². The zero-order chi connectivity index (χ0) is 13.2. The molecule has 0 aliphatic heterocycles. The first kappa shape index (κ1) is 14.4. The summed E-state index contributed by atoms with van der Waals surface area (Å²) in [6, 6.07) is 6.34. The summed E-state index contributed by atoms with van der Waals surface area (Å²) in [5, 5.41) is 8.80. The van der Waals surface area contributed by atoms with Crippen molar-refractivity contribution in [2.75, 3.05) is 33.5 Å². The fraction of sp³-hybridized carbons (Fsp3) is 0.417. The highest BCUT2D eigenvalue weighted by Gasteiger charge is 2.03. The van der Waals surface area contributed by atoms with Gasteiger partial charge in [-0.1, -0.05) is 6.07 Å². The molecule has 0 fully saturated rings. The second-order valence-corrected chi connectivity index (χ2v) is 3.42. The Morgan fingerprint density at radius 2 is 2.17 bits per heavy atom. The maximum Gasteiger partial charge on any atom is 0.335 e. The van der Waals surface area contributed by atoms with Crippen molar-refractivity contribution in [2.45, 2.75) is 0 Å². The van der Waals surface area contributed by atoms with Crippen molar-refractivity contribution in [3.63, 3.8) is 0 Å². The Morgan fingerprint density at radius 1 is 1.33 bits per heavy atom. The number of hydrogen-bond donors (Lipinski definition) is 2. The normalized spacial score (nSPS) is 10.3. The van der Waals surface area contributed by atoms with Gasteiger partial charge in [0.1, 0.15) is 12.4 Å². The summed E-state index contributed by atoms with van der Waals surface area (Å²) in [6.07, 6.45) is 0. The highest BCUT2D eigenvalue weighted by atomic mass is 16.7. The molecule has 1 aromatic carbocycles. The predicted molar refractivity (Wildman–Crippen MR) is 64.7 cm³/mol. The third kappa shape index (κ3) is 5.62. The highest BCUT2D eigenvalue weighted by molar-refractivity contribution is 5.87. The van der Waals surface area contributed by atoms with Crippen LogP contribution in [0.15, 0.2) is 24.3 Å². The smallest absolute Gasteiger partial charge is 0.335 e. The van der Waals surface area contributed by atoms with Gasteiger partial charge in [0.05, 0.1) is 25.3 Å². The van der Waals surface area contributed by atoms with Crippen LogP contribution in [0.5, 0.6) is 5.75 Å². The zero-order valence-corrected chi connectivity index (χ0v) is 10.2. The predicted octanol–water partition coefficient (Wildman–Crippen LogP) is 0.931. The molecule has 0 aliphatic carbocycles. The largest absolute Gasteiger partial charge is 0.492 e. The molecule has 0 radical (unpaired) electrons. The van der Waals surface area contributed by atoms with E-state index < -0.39 is 5.97 Å². The Bertz CT molecular complexity index is 369. The van der Waals surface area contributed by atoms with Crippen molar-refractivity contribution in [3.8, 4) is 5.75 Å². The number of methoxy groups -OCH3 is 1. The third-order valence-electron chi connectivity index (χ3n) is 2.05. The van der Waals surface area contributed by atoms with E-state index in [-0.39, 0.29) is 5.56 Å². The van der Waals surface area contributed by atoms with Gasteiger partial charge in [-0.15, -0.1) is 0 Å². The molecule has 1 aromatic rings. The summed E-state index contributed by atoms with van der Waals surface area (Å²) in [5.41, 5.74) is 2.91. The number of ether oxygens (including phenoxy) is 2. The number of hydroxylamine groups is 1. The van der Waals surface area contributed by atoms with Gasteiger partial charge in [0.25, 0.3) is 0 Å². The molecular weight excluding hydrogens is 238 g/mol. The molecule has 0 unspecified atom stereocenters. The summed E-state index contributed by atoms with van der Waals surface area (Å²) >= 11 is 0. The quantitative estimate of drug-likeness (QED) is 0.505. The van der Waals surface area contributed by atoms with Crippen LogP contribution in [0.2, 0.25) is 0 Å². The fourth-order valence-corrected chi connectivity index (χ4v) is 1.20. The Hall–Kier alpha value is -1.63. The van der Waals surface area contributed by atoms with Crippen LogP contribution in [0.25, 0.3) is 0 Å². The third-order valence-corrected chi connectivity index (χ3v) is 2.05. The van der Waals surface area contributed by atoms with E-state index in [1.165, 1.54) is 12.1 Å². The van der Waals surface area contributed by atoms with Crippen LogP contribution in [0, 0.1) is 0 Å². The molecule has 0 amide bonds. The first-order valence-corrected chi connectivity index (χ1v) is 5.54. The lowest BCUT2D eigenvalue weighted by Gasteiger charge is -2.08. The second-order valence-electron chi connectivity index (χ2n) is 3.42. The van der Waals surface area contributed by atoms with Crippen LogP contribution < -0.4 is 10.2 Å². The standard InChI is InChI=1S/C12H17NO5/c1-16-7-8-18-13-5-6-17-11-4-2-3-10(9-11)12(14)15/h2-4,9,13H,5-8H2,1H3,(H,14,15). The van der Waals surface area contributed by atoms with E-state index >= 15 is 0 Å². The SMILES string of the molecule is COCCONCCOc1cccc(C(=O)O)c1. The van der Waals surface area contributed by atoms with E-state index in [1.54, 1.807) is 19.2 Å². The highest BCUT2D eigenvalue weighted by Crippen LogP contribution is 2.12. The first-order chi connectivity index (χ1) is 8.74. The summed E-state index contributed by atoms with van der Waals surface area (Å²) in [7, 11) is 1.60. The molecule has 0 atom stereocenters. The Labute approximate surface area is 105 Å². The van der Waals surface area contributed by atoms with Gasteiger partial charge in [-0.3, -0.25) is 4.84 Å². The Balaban J connectivity index is 2.19. The van der Waals surface area contributed by atoms with E-state index in [4.69, 9.17) is 19.4 Å². The molecule has 0 bridgehead atoms. The van der Waals surface area contributed by atoms with Gasteiger partial charge in [-0.05, 0) is 18.2 Å². The topological polar surface area (TPSA) is 77.0 Å². The molecule has 0 aliphatic rings. The van der Waals surface area contributed by atoms with Crippen LogP contribution in [0.3, 0.4) is 0 Å². The molecule has 0 aromatic heterocycles. The van der Waals surface area contributed by atoms with Gasteiger partial charge in [0.2, 0.25) is 0 Å². The molecular formula is C12H17NO5. The van der Waals surface area contributed by atoms with Gasteiger partial charge in [0.15, 0.2) is 0 Å². The number of carboxylic acids is 1. The molecule has 0 spiro atoms. The van der Waals surface area contributed by atoms with Crippen LogP contribution in [-0.4, -0.2) is 44.6 Å². The lowest BCUT2D eigenvalue weighted by Crippen LogP contribution is -2.23. The molecule has 1 rings (SSSR count). The molecule has 100 valence electrons. The average molecular weight is 255 g/mol. The number of carbonyl (C=O) groups is 1. The monoisotopic (exact) mass is 255 g/mol. The number of rotatable bonds is 9. The molecule has 18 heavy (non-hydrogen) atoms. The van der Waals surface area contributed by atoms with Crippen molar-refractivity contribution >= 4 is 5.97 Å². The number of aromatic carboxylic acids is 1. The van der Waals surface area contributed by atoms with E-state index in [2.05, 4.69) is 5.48 Å². The van der Waals surface area contributed by atoms with Gasteiger partial charge in [-0.25, -0.2) is 4.79 Å². The fourth-order valence-electron chi connectivity index (χ4n) is 1.20. The van der Waals surface area contributed by atoms with E-state index in [9.17, 15) is 4.79 Å². The van der Waals surface area contributed by atoms with Gasteiger partial charge < -0.3 is 14.6 Å². The van der Waals surface area contributed by atoms with Crippen molar-refractivity contribution in [1.29, 1.82) is 0 Å². The number of benzene rings is 1. The summed E-state index contributed by atoms with van der Waals surface area (Å²) in [4.78, 5) is 15.8. The van der Waals surface area contributed by atoms with Crippen molar-refractivity contribution in [1.82, 2.24) is 5.48 Å². The van der Waals surface area contributed by atoms with Crippen molar-refractivity contribution in [3.05, 3.63) is 29.8 Å². The second kappa shape index (κ2) is 8.46. The molecule has 0 heterocycles. The molecule has 2 N–H and O–H groups in total. The Kier molecular flexibility index (Phi) is 6.78. The van der Waals surface area contributed by atoms with Crippen molar-refractivity contribution in [2.24, 2.45) is 0 Å². The zero-order valence-electron chi connectivity index (χ0n) is 10.2. The summed E-state index contributed by atoms with van der Waals surface area (Å²) in [5.74, 6) is -0.449. The van der Waals surface area contributed by atoms with Crippen LogP contribution in [-0.2, 0) is 9.57 Å². The summed E-state index contributed by atoms with van der Waals surface area (Å²) < 4.78 is 10.2. The molecule has 0 saturated carbocycles. The van der Waals surface area contributed by atoms with Gasteiger partial charge in [0, 0.05) is 7.11 Å². The maximum atomic E-state index is 10.7. The lowest BCUT2D eigenvalue weighted by molar-refractivity contribution is 0.00257. The van der Waals surface area contributed by atoms with E-state index in [0.29, 0.717) is 32.1 Å². The number of nitrogens with one attached hydrogen (secondary N) is 1. The first-order valence-electron chi connectivity index (χ1n) is 5.54. The average Bonchev–Trinajstić information content (AvgIpc) is 2.38. The van der Waals surface area contributed by atoms with Crippen LogP contribution in [0.1, 0.15) is 10.4 Å². The van der Waals surface area contributed by atoms with Crippen LogP contribution >= 0.6 is 0 Å². The van der Waals surface area contributed by atoms with Crippen LogP contribution in [0.4, 0.5) is 0 Å².